The summed E-state index contributed by atoms with van der Waals surface area (Å²) in [6.45, 7) is 4.04. The Kier molecular flexibility index (Phi) is 6.16. The van der Waals surface area contributed by atoms with E-state index >= 15 is 0 Å². The van der Waals surface area contributed by atoms with Gasteiger partial charge < -0.3 is 15.2 Å². The smallest absolute Gasteiger partial charge is 0.335 e. The summed E-state index contributed by atoms with van der Waals surface area (Å²) >= 11 is 0. The minimum Gasteiger partial charge on any atom is -0.478 e. The van der Waals surface area contributed by atoms with E-state index in [9.17, 15) is 9.59 Å². The number of benzene rings is 1. The van der Waals surface area contributed by atoms with E-state index in [1.165, 1.54) is 25.0 Å². The van der Waals surface area contributed by atoms with Crippen LogP contribution < -0.4 is 5.32 Å². The van der Waals surface area contributed by atoms with E-state index in [0.29, 0.717) is 18.7 Å². The Labute approximate surface area is 137 Å². The Hall–Kier alpha value is -1.88. The van der Waals surface area contributed by atoms with Crippen LogP contribution in [0, 0.1) is 5.41 Å². The molecule has 1 fully saturated rings. The van der Waals surface area contributed by atoms with Crippen LogP contribution in [0.2, 0.25) is 0 Å². The maximum absolute atomic E-state index is 12.3. The van der Waals surface area contributed by atoms with Gasteiger partial charge in [-0.25, -0.2) is 4.79 Å². The third-order valence-corrected chi connectivity index (χ3v) is 4.64. The second kappa shape index (κ2) is 8.11. The van der Waals surface area contributed by atoms with E-state index < -0.39 is 5.97 Å². The molecule has 0 bridgehead atoms. The normalized spacial score (nSPS) is 16.2. The van der Waals surface area contributed by atoms with Crippen molar-refractivity contribution in [1.82, 2.24) is 5.32 Å². The van der Waals surface area contributed by atoms with Gasteiger partial charge in [0, 0.05) is 25.3 Å². The average molecular weight is 319 g/mol. The predicted octanol–water partition coefficient (Wildman–Crippen LogP) is 3.10. The highest BCUT2D eigenvalue weighted by Crippen LogP contribution is 2.40. The zero-order valence-corrected chi connectivity index (χ0v) is 13.6. The van der Waals surface area contributed by atoms with E-state index in [1.54, 1.807) is 12.1 Å². The number of rotatable bonds is 8. The van der Waals surface area contributed by atoms with Crippen LogP contribution in [0.15, 0.2) is 24.3 Å². The number of carboxylic acid groups (broad SMARTS) is 1. The Bertz CT molecular complexity index is 550. The van der Waals surface area contributed by atoms with Crippen LogP contribution in [-0.2, 0) is 4.74 Å². The van der Waals surface area contributed by atoms with E-state index in [2.05, 4.69) is 5.32 Å². The number of ether oxygens (including phenoxy) is 1. The molecule has 1 aliphatic rings. The van der Waals surface area contributed by atoms with Crippen molar-refractivity contribution in [2.45, 2.75) is 39.0 Å². The molecule has 0 spiro atoms. The molecule has 1 aromatic carbocycles. The summed E-state index contributed by atoms with van der Waals surface area (Å²) in [5, 5.41) is 12.0. The summed E-state index contributed by atoms with van der Waals surface area (Å²) < 4.78 is 5.48. The fraction of sp³-hybridized carbons (Fsp3) is 0.556. The maximum Gasteiger partial charge on any atom is 0.335 e. The molecule has 23 heavy (non-hydrogen) atoms. The largest absolute Gasteiger partial charge is 0.478 e. The van der Waals surface area contributed by atoms with E-state index in [4.69, 9.17) is 9.84 Å². The minimum atomic E-state index is -1.02. The Morgan fingerprint density at radius 2 is 1.96 bits per heavy atom. The monoisotopic (exact) mass is 319 g/mol. The van der Waals surface area contributed by atoms with Crippen LogP contribution in [-0.4, -0.2) is 36.7 Å². The van der Waals surface area contributed by atoms with Crippen LogP contribution in [0.4, 0.5) is 0 Å². The molecule has 0 radical (unpaired) electrons. The molecule has 0 saturated heterocycles. The second-order valence-electron chi connectivity index (χ2n) is 6.22. The number of carboxylic acids is 1. The van der Waals surface area contributed by atoms with Crippen LogP contribution in [0.1, 0.15) is 59.7 Å². The molecule has 0 atom stereocenters. The molecule has 1 aromatic rings. The van der Waals surface area contributed by atoms with Gasteiger partial charge in [-0.15, -0.1) is 0 Å². The minimum absolute atomic E-state index is 0.120. The summed E-state index contributed by atoms with van der Waals surface area (Å²) in [4.78, 5) is 23.3. The molecule has 1 aliphatic carbocycles. The summed E-state index contributed by atoms with van der Waals surface area (Å²) in [6.07, 6.45) is 5.55. The molecule has 5 heteroatoms. The van der Waals surface area contributed by atoms with Crippen LogP contribution in [0.3, 0.4) is 0 Å². The third-order valence-electron chi connectivity index (χ3n) is 4.64. The average Bonchev–Trinajstić information content (AvgIpc) is 3.02. The lowest BCUT2D eigenvalue weighted by Crippen LogP contribution is -2.36. The molecule has 126 valence electrons. The molecule has 0 aromatic heterocycles. The first-order valence-electron chi connectivity index (χ1n) is 8.26. The van der Waals surface area contributed by atoms with Gasteiger partial charge in [0.2, 0.25) is 0 Å². The third kappa shape index (κ3) is 4.79. The van der Waals surface area contributed by atoms with Gasteiger partial charge in [-0.05, 0) is 49.8 Å². The van der Waals surface area contributed by atoms with Crippen LogP contribution >= 0.6 is 0 Å². The van der Waals surface area contributed by atoms with Crippen molar-refractivity contribution in [2.24, 2.45) is 5.41 Å². The zero-order valence-electron chi connectivity index (χ0n) is 13.6. The molecular formula is C18H25NO4. The van der Waals surface area contributed by atoms with Crippen molar-refractivity contribution in [3.8, 4) is 0 Å². The van der Waals surface area contributed by atoms with Crippen molar-refractivity contribution >= 4 is 11.9 Å². The number of nitrogens with one attached hydrogen (secondary N) is 1. The molecule has 2 rings (SSSR count). The number of carbonyl (C=O) groups is 2. The lowest BCUT2D eigenvalue weighted by molar-refractivity contribution is 0.0697. The Balaban J connectivity index is 1.96. The van der Waals surface area contributed by atoms with E-state index in [0.717, 1.165) is 25.9 Å². The molecular weight excluding hydrogens is 294 g/mol. The van der Waals surface area contributed by atoms with Crippen LogP contribution in [0.5, 0.6) is 0 Å². The van der Waals surface area contributed by atoms with E-state index in [1.807, 2.05) is 6.92 Å². The maximum atomic E-state index is 12.3. The molecule has 5 nitrogen and oxygen atoms in total. The molecule has 1 amide bonds. The second-order valence-corrected chi connectivity index (χ2v) is 6.22. The molecule has 0 heterocycles. The quantitative estimate of drug-likeness (QED) is 0.722. The van der Waals surface area contributed by atoms with Crippen molar-refractivity contribution in [3.05, 3.63) is 35.4 Å². The van der Waals surface area contributed by atoms with E-state index in [-0.39, 0.29) is 16.9 Å². The SMILES string of the molecule is CCOCCC1(CNC(=O)c2cccc(C(=O)O)c2)CCCC1. The number of hydrogen-bond acceptors (Lipinski definition) is 3. The van der Waals surface area contributed by atoms with Gasteiger partial charge in [-0.1, -0.05) is 18.9 Å². The zero-order chi connectivity index (χ0) is 16.7. The molecule has 0 aliphatic heterocycles. The number of amides is 1. The highest BCUT2D eigenvalue weighted by molar-refractivity contribution is 5.97. The lowest BCUT2D eigenvalue weighted by atomic mass is 9.83. The Morgan fingerprint density at radius 3 is 2.61 bits per heavy atom. The first kappa shape index (κ1) is 17.5. The summed E-state index contributed by atoms with van der Waals surface area (Å²) in [6, 6.07) is 6.14. The van der Waals surface area contributed by atoms with Gasteiger partial charge in [-0.3, -0.25) is 4.79 Å². The van der Waals surface area contributed by atoms with Gasteiger partial charge in [0.25, 0.3) is 5.91 Å². The van der Waals surface area contributed by atoms with Crippen molar-refractivity contribution in [2.75, 3.05) is 19.8 Å². The molecule has 1 saturated carbocycles. The number of aromatic carboxylic acids is 1. The fourth-order valence-corrected chi connectivity index (χ4v) is 3.24. The summed E-state index contributed by atoms with van der Waals surface area (Å²) in [7, 11) is 0. The molecule has 0 unspecified atom stereocenters. The number of carbonyl (C=O) groups excluding carboxylic acids is 1. The lowest BCUT2D eigenvalue weighted by Gasteiger charge is -2.29. The highest BCUT2D eigenvalue weighted by Gasteiger charge is 2.33. The van der Waals surface area contributed by atoms with Gasteiger partial charge in [0.05, 0.1) is 5.56 Å². The Morgan fingerprint density at radius 1 is 1.26 bits per heavy atom. The van der Waals surface area contributed by atoms with Crippen molar-refractivity contribution in [3.63, 3.8) is 0 Å². The fourth-order valence-electron chi connectivity index (χ4n) is 3.24. The van der Waals surface area contributed by atoms with Gasteiger partial charge in [0.15, 0.2) is 0 Å². The molecule has 2 N–H and O–H groups in total. The summed E-state index contributed by atoms with van der Waals surface area (Å²) in [5.74, 6) is -1.24. The first-order chi connectivity index (χ1) is 11.1. The van der Waals surface area contributed by atoms with Crippen LogP contribution in [0.25, 0.3) is 0 Å². The highest BCUT2D eigenvalue weighted by atomic mass is 16.5. The van der Waals surface area contributed by atoms with Gasteiger partial charge >= 0.3 is 5.97 Å². The van der Waals surface area contributed by atoms with Crippen molar-refractivity contribution in [1.29, 1.82) is 0 Å². The standard InChI is InChI=1S/C18H25NO4/c1-2-23-11-10-18(8-3-4-9-18)13-19-16(20)14-6-5-7-15(12-14)17(21)22/h5-7,12H,2-4,8-11,13H2,1H3,(H,19,20)(H,21,22). The van der Waals surface area contributed by atoms with Gasteiger partial charge in [-0.2, -0.15) is 0 Å². The first-order valence-corrected chi connectivity index (χ1v) is 8.26. The van der Waals surface area contributed by atoms with Crippen molar-refractivity contribution < 1.29 is 19.4 Å². The topological polar surface area (TPSA) is 75.6 Å². The van der Waals surface area contributed by atoms with Gasteiger partial charge in [0.1, 0.15) is 0 Å². The summed E-state index contributed by atoms with van der Waals surface area (Å²) in [5.41, 5.74) is 0.641. The predicted molar refractivity (Wildman–Crippen MR) is 87.7 cm³/mol. The number of hydrogen-bond donors (Lipinski definition) is 2.